The molecule has 0 spiro atoms. The number of rotatable bonds is 4. The fourth-order valence-corrected chi connectivity index (χ4v) is 6.41. The molecule has 1 atom stereocenters. The topological polar surface area (TPSA) is 51.7 Å². The van der Waals surface area contributed by atoms with E-state index in [1.165, 1.54) is 34.9 Å². The summed E-state index contributed by atoms with van der Waals surface area (Å²) < 4.78 is 26.6. The fraction of sp³-hybridized carbons (Fsp3) is 0.269. The lowest BCUT2D eigenvalue weighted by Gasteiger charge is -2.33. The lowest BCUT2D eigenvalue weighted by Crippen LogP contribution is -2.31. The second kappa shape index (κ2) is 9.44. The van der Waals surface area contributed by atoms with Crippen LogP contribution in [0.15, 0.2) is 72.4 Å². The van der Waals surface area contributed by atoms with Gasteiger partial charge >= 0.3 is 7.75 Å². The van der Waals surface area contributed by atoms with Crippen LogP contribution in [0.2, 0.25) is 5.02 Å². The summed E-state index contributed by atoms with van der Waals surface area (Å²) in [6.45, 7) is 1.17. The molecule has 170 valence electrons. The number of piperidine rings is 1. The van der Waals surface area contributed by atoms with Gasteiger partial charge in [0.1, 0.15) is 5.75 Å². The standard InChI is InChI=1S/C26H26ClN2O3P/c1-31-33(30,32-23-7-3-2-4-8-23)29-16-13-19(14-17-29)25-24-12-11-22(27)18-21(24)10-9-20-6-5-15-28-26(20)25/h2-8,11-12,15,18H,9-10,13-14,16-17H2,1H3. The number of aromatic nitrogens is 1. The molecule has 2 heterocycles. The number of hydrogen-bond donors (Lipinski definition) is 0. The van der Waals surface area contributed by atoms with E-state index in [1.54, 1.807) is 12.1 Å². The molecular formula is C26H26ClN2O3P. The smallest absolute Gasteiger partial charge is 0.413 e. The molecule has 1 aliphatic heterocycles. The van der Waals surface area contributed by atoms with Crippen LogP contribution < -0.4 is 4.52 Å². The highest BCUT2D eigenvalue weighted by Gasteiger charge is 2.37. The van der Waals surface area contributed by atoms with E-state index in [0.29, 0.717) is 18.8 Å². The van der Waals surface area contributed by atoms with Gasteiger partial charge in [0.2, 0.25) is 0 Å². The lowest BCUT2D eigenvalue weighted by molar-refractivity contribution is 0.235. The number of benzene rings is 2. The lowest BCUT2D eigenvalue weighted by atomic mass is 9.89. The maximum Gasteiger partial charge on any atom is 0.461 e. The fourth-order valence-electron chi connectivity index (χ4n) is 4.72. The minimum Gasteiger partial charge on any atom is -0.413 e. The molecule has 1 unspecified atom stereocenters. The number of halogens is 1. The number of para-hydroxylation sites is 1. The van der Waals surface area contributed by atoms with Gasteiger partial charge in [0.05, 0.1) is 5.69 Å². The molecule has 1 aromatic heterocycles. The van der Waals surface area contributed by atoms with Crippen molar-refractivity contribution in [3.8, 4) is 5.75 Å². The average Bonchev–Trinajstić information content (AvgIpc) is 3.01. The van der Waals surface area contributed by atoms with Crippen LogP contribution in [0.3, 0.4) is 0 Å². The zero-order chi connectivity index (χ0) is 22.8. The largest absolute Gasteiger partial charge is 0.461 e. The van der Waals surface area contributed by atoms with Crippen molar-refractivity contribution in [2.24, 2.45) is 0 Å². The molecule has 5 rings (SSSR count). The van der Waals surface area contributed by atoms with Gasteiger partial charge in [-0.15, -0.1) is 0 Å². The molecule has 0 saturated carbocycles. The average molecular weight is 481 g/mol. The maximum absolute atomic E-state index is 13.5. The van der Waals surface area contributed by atoms with Crippen molar-refractivity contribution in [1.29, 1.82) is 0 Å². The van der Waals surface area contributed by atoms with Crippen LogP contribution in [0.1, 0.15) is 35.2 Å². The molecule has 33 heavy (non-hydrogen) atoms. The molecular weight excluding hydrogens is 455 g/mol. The van der Waals surface area contributed by atoms with Crippen LogP contribution in [0, 0.1) is 0 Å². The van der Waals surface area contributed by atoms with Crippen molar-refractivity contribution in [2.75, 3.05) is 20.2 Å². The van der Waals surface area contributed by atoms with Gasteiger partial charge in [-0.2, -0.15) is 4.67 Å². The zero-order valence-electron chi connectivity index (χ0n) is 18.5. The summed E-state index contributed by atoms with van der Waals surface area (Å²) >= 11 is 6.33. The van der Waals surface area contributed by atoms with E-state index in [-0.39, 0.29) is 0 Å². The summed E-state index contributed by atoms with van der Waals surface area (Å²) in [5.41, 5.74) is 7.28. The minimum absolute atomic E-state index is 0.541. The Morgan fingerprint density at radius 1 is 0.939 bits per heavy atom. The SMILES string of the molecule is COP(=O)(Oc1ccccc1)N1CCC(=C2c3ccc(Cl)cc3CCc3cccnc32)CC1. The first kappa shape index (κ1) is 22.4. The van der Waals surface area contributed by atoms with Gasteiger partial charge in [-0.25, -0.2) is 4.57 Å². The Morgan fingerprint density at radius 2 is 1.70 bits per heavy atom. The van der Waals surface area contributed by atoms with Crippen LogP contribution >= 0.6 is 19.3 Å². The Hall–Kier alpha value is -2.43. The quantitative estimate of drug-likeness (QED) is 0.395. The number of pyridine rings is 1. The van der Waals surface area contributed by atoms with Gasteiger partial charge < -0.3 is 4.52 Å². The van der Waals surface area contributed by atoms with E-state index in [2.05, 4.69) is 18.2 Å². The Balaban J connectivity index is 1.48. The summed E-state index contributed by atoms with van der Waals surface area (Å²) in [4.78, 5) is 4.79. The van der Waals surface area contributed by atoms with Gasteiger partial charge in [-0.3, -0.25) is 9.51 Å². The summed E-state index contributed by atoms with van der Waals surface area (Å²) in [5.74, 6) is 0.541. The van der Waals surface area contributed by atoms with Crippen molar-refractivity contribution in [3.63, 3.8) is 0 Å². The predicted octanol–water partition coefficient (Wildman–Crippen LogP) is 6.56. The van der Waals surface area contributed by atoms with Crippen LogP contribution in [0.25, 0.3) is 5.57 Å². The van der Waals surface area contributed by atoms with Gasteiger partial charge in [0.15, 0.2) is 0 Å². The third kappa shape index (κ3) is 4.51. The van der Waals surface area contributed by atoms with E-state index < -0.39 is 7.75 Å². The Morgan fingerprint density at radius 3 is 2.45 bits per heavy atom. The Kier molecular flexibility index (Phi) is 6.40. The summed E-state index contributed by atoms with van der Waals surface area (Å²) in [7, 11) is -1.99. The number of nitrogens with zero attached hydrogens (tertiary/aromatic N) is 2. The molecule has 1 fully saturated rings. The molecule has 0 N–H and O–H groups in total. The van der Waals surface area contributed by atoms with E-state index in [1.807, 2.05) is 41.2 Å². The van der Waals surface area contributed by atoms with E-state index >= 15 is 0 Å². The summed E-state index contributed by atoms with van der Waals surface area (Å²) in [5, 5.41) is 0.755. The van der Waals surface area contributed by atoms with Gasteiger partial charge in [0, 0.05) is 37.0 Å². The van der Waals surface area contributed by atoms with Gasteiger partial charge in [-0.1, -0.05) is 47.5 Å². The Bertz CT molecular complexity index is 1240. The maximum atomic E-state index is 13.5. The van der Waals surface area contributed by atoms with Crippen LogP contribution in [0.4, 0.5) is 0 Å². The van der Waals surface area contributed by atoms with Crippen molar-refractivity contribution in [2.45, 2.75) is 25.7 Å². The van der Waals surface area contributed by atoms with E-state index in [4.69, 9.17) is 25.6 Å². The molecule has 2 aromatic carbocycles. The summed E-state index contributed by atoms with van der Waals surface area (Å²) in [6, 6.07) is 19.5. The highest BCUT2D eigenvalue weighted by molar-refractivity contribution is 7.51. The van der Waals surface area contributed by atoms with Gasteiger partial charge in [-0.05, 0) is 72.7 Å². The summed E-state index contributed by atoms with van der Waals surface area (Å²) in [6.07, 6.45) is 5.25. The zero-order valence-corrected chi connectivity index (χ0v) is 20.2. The third-order valence-corrected chi connectivity index (χ3v) is 8.60. The van der Waals surface area contributed by atoms with Crippen molar-refractivity contribution >= 4 is 24.9 Å². The van der Waals surface area contributed by atoms with E-state index in [0.717, 1.165) is 36.4 Å². The first-order chi connectivity index (χ1) is 16.1. The third-order valence-electron chi connectivity index (χ3n) is 6.37. The molecule has 1 saturated heterocycles. The highest BCUT2D eigenvalue weighted by Crippen LogP contribution is 2.53. The molecule has 1 aliphatic carbocycles. The van der Waals surface area contributed by atoms with E-state index in [9.17, 15) is 4.57 Å². The monoisotopic (exact) mass is 480 g/mol. The predicted molar refractivity (Wildman–Crippen MR) is 132 cm³/mol. The van der Waals surface area contributed by atoms with Crippen LogP contribution in [-0.4, -0.2) is 29.9 Å². The number of aryl methyl sites for hydroxylation is 2. The van der Waals surface area contributed by atoms with Crippen molar-refractivity contribution < 1.29 is 13.6 Å². The first-order valence-corrected chi connectivity index (χ1v) is 13.1. The Labute approximate surface area is 199 Å². The second-order valence-corrected chi connectivity index (χ2v) is 10.8. The molecule has 0 radical (unpaired) electrons. The second-order valence-electron chi connectivity index (χ2n) is 8.30. The van der Waals surface area contributed by atoms with Crippen molar-refractivity contribution in [1.82, 2.24) is 9.65 Å². The molecule has 2 aliphatic rings. The number of fused-ring (bicyclic) bond motifs is 2. The molecule has 5 nitrogen and oxygen atoms in total. The van der Waals surface area contributed by atoms with Gasteiger partial charge in [0.25, 0.3) is 0 Å². The highest BCUT2D eigenvalue weighted by atomic mass is 35.5. The van der Waals surface area contributed by atoms with Crippen molar-refractivity contribution in [3.05, 3.63) is 99.8 Å². The molecule has 7 heteroatoms. The van der Waals surface area contributed by atoms with Crippen LogP contribution in [-0.2, 0) is 21.9 Å². The normalized spacial score (nSPS) is 18.1. The number of hydrogen-bond acceptors (Lipinski definition) is 4. The first-order valence-electron chi connectivity index (χ1n) is 11.2. The molecule has 3 aromatic rings. The molecule has 0 amide bonds. The minimum atomic E-state index is -3.43. The van der Waals surface area contributed by atoms with Crippen LogP contribution in [0.5, 0.6) is 5.75 Å². The molecule has 0 bridgehead atoms.